The smallest absolute Gasteiger partial charge is 0.153 e. The van der Waals surface area contributed by atoms with Crippen LogP contribution in [0.2, 0.25) is 5.15 Å². The molecule has 0 fully saturated rings. The van der Waals surface area contributed by atoms with Gasteiger partial charge in [-0.2, -0.15) is 0 Å². The van der Waals surface area contributed by atoms with E-state index in [1.165, 1.54) is 12.1 Å². The van der Waals surface area contributed by atoms with Gasteiger partial charge in [-0.1, -0.05) is 11.6 Å². The van der Waals surface area contributed by atoms with E-state index in [4.69, 9.17) is 11.6 Å². The van der Waals surface area contributed by atoms with Gasteiger partial charge in [0.2, 0.25) is 0 Å². The van der Waals surface area contributed by atoms with Crippen molar-refractivity contribution < 1.29 is 4.39 Å². The quantitative estimate of drug-likeness (QED) is 0.568. The molecule has 0 aliphatic carbocycles. The summed E-state index contributed by atoms with van der Waals surface area (Å²) in [5.41, 5.74) is 2.19. The molecule has 0 saturated carbocycles. The summed E-state index contributed by atoms with van der Waals surface area (Å²) in [7, 11) is 0. The van der Waals surface area contributed by atoms with Crippen LogP contribution in [-0.2, 0) is 0 Å². The maximum atomic E-state index is 13.1. The number of aromatic nitrogens is 2. The van der Waals surface area contributed by atoms with E-state index >= 15 is 0 Å². The average Bonchev–Trinajstić information content (AvgIpc) is 2.69. The molecule has 0 spiro atoms. The first-order valence-corrected chi connectivity index (χ1v) is 4.85. The van der Waals surface area contributed by atoms with E-state index in [9.17, 15) is 4.39 Å². The maximum Gasteiger partial charge on any atom is 0.153 e. The Morgan fingerprint density at radius 1 is 1.20 bits per heavy atom. The van der Waals surface area contributed by atoms with E-state index in [2.05, 4.69) is 4.98 Å². The molecule has 0 N–H and O–H groups in total. The van der Waals surface area contributed by atoms with Crippen molar-refractivity contribution in [2.75, 3.05) is 0 Å². The van der Waals surface area contributed by atoms with Gasteiger partial charge in [-0.15, -0.1) is 0 Å². The lowest BCUT2D eigenvalue weighted by Crippen LogP contribution is -1.91. The second kappa shape index (κ2) is 2.94. The average molecular weight is 221 g/mol. The van der Waals surface area contributed by atoms with Crippen molar-refractivity contribution in [3.63, 3.8) is 0 Å². The summed E-state index contributed by atoms with van der Waals surface area (Å²) in [6.07, 6.45) is 1.84. The lowest BCUT2D eigenvalue weighted by Gasteiger charge is -2.03. The number of fused-ring (bicyclic) bond motifs is 3. The van der Waals surface area contributed by atoms with E-state index in [0.29, 0.717) is 10.7 Å². The molecule has 2 heterocycles. The molecule has 0 radical (unpaired) electrons. The van der Waals surface area contributed by atoms with Crippen LogP contribution in [0.5, 0.6) is 0 Å². The van der Waals surface area contributed by atoms with Crippen molar-refractivity contribution in [1.29, 1.82) is 0 Å². The number of rotatable bonds is 0. The Balaban J connectivity index is 2.61. The second-order valence-electron chi connectivity index (χ2n) is 3.30. The Morgan fingerprint density at radius 3 is 2.93 bits per heavy atom. The van der Waals surface area contributed by atoms with Gasteiger partial charge in [-0.05, 0) is 24.3 Å². The van der Waals surface area contributed by atoms with Gasteiger partial charge >= 0.3 is 0 Å². The normalized spacial score (nSPS) is 11.3. The Hall–Kier alpha value is -1.61. The number of hydrogen-bond acceptors (Lipinski definition) is 1. The summed E-state index contributed by atoms with van der Waals surface area (Å²) in [4.78, 5) is 4.20. The molecule has 0 bridgehead atoms. The lowest BCUT2D eigenvalue weighted by atomic mass is 10.3. The summed E-state index contributed by atoms with van der Waals surface area (Å²) in [5, 5.41) is 0.430. The summed E-state index contributed by atoms with van der Waals surface area (Å²) in [5.74, 6) is -0.276. The minimum Gasteiger partial charge on any atom is -0.312 e. The third-order valence-electron chi connectivity index (χ3n) is 2.38. The Morgan fingerprint density at radius 2 is 2.07 bits per heavy atom. The zero-order valence-electron chi connectivity index (χ0n) is 7.61. The van der Waals surface area contributed by atoms with E-state index < -0.39 is 0 Å². The van der Waals surface area contributed by atoms with E-state index in [0.717, 1.165) is 11.0 Å². The highest BCUT2D eigenvalue weighted by molar-refractivity contribution is 6.33. The van der Waals surface area contributed by atoms with Gasteiger partial charge < -0.3 is 4.40 Å². The highest BCUT2D eigenvalue weighted by Crippen LogP contribution is 2.22. The van der Waals surface area contributed by atoms with Crippen molar-refractivity contribution in [3.05, 3.63) is 47.5 Å². The third-order valence-corrected chi connectivity index (χ3v) is 2.65. The van der Waals surface area contributed by atoms with Crippen LogP contribution in [0.1, 0.15) is 0 Å². The fourth-order valence-corrected chi connectivity index (χ4v) is 1.95. The summed E-state index contributed by atoms with van der Waals surface area (Å²) >= 11 is 5.99. The van der Waals surface area contributed by atoms with Crippen LogP contribution in [0.25, 0.3) is 16.6 Å². The first-order chi connectivity index (χ1) is 7.25. The second-order valence-corrected chi connectivity index (χ2v) is 3.66. The standard InChI is InChI=1S/C11H6ClFN2/c12-11-9-2-1-5-15(9)10-6-7(13)3-4-8(10)14-11/h1-6H. The first-order valence-electron chi connectivity index (χ1n) is 4.47. The number of benzene rings is 1. The first kappa shape index (κ1) is 8.68. The lowest BCUT2D eigenvalue weighted by molar-refractivity contribution is 0.629. The fraction of sp³-hybridized carbons (Fsp3) is 0. The monoisotopic (exact) mass is 220 g/mol. The van der Waals surface area contributed by atoms with Gasteiger partial charge in [0.15, 0.2) is 5.15 Å². The van der Waals surface area contributed by atoms with Crippen molar-refractivity contribution in [3.8, 4) is 0 Å². The molecule has 1 aromatic carbocycles. The molecule has 4 heteroatoms. The van der Waals surface area contributed by atoms with Gasteiger partial charge in [0.05, 0.1) is 16.6 Å². The van der Waals surface area contributed by atoms with Crippen molar-refractivity contribution in [2.24, 2.45) is 0 Å². The number of nitrogens with zero attached hydrogens (tertiary/aromatic N) is 2. The molecule has 0 aliphatic rings. The third kappa shape index (κ3) is 1.20. The van der Waals surface area contributed by atoms with E-state index in [1.807, 2.05) is 22.7 Å². The zero-order valence-corrected chi connectivity index (χ0v) is 8.37. The van der Waals surface area contributed by atoms with Gasteiger partial charge in [-0.3, -0.25) is 0 Å². The number of hydrogen-bond donors (Lipinski definition) is 0. The van der Waals surface area contributed by atoms with E-state index in [1.54, 1.807) is 6.07 Å². The Bertz CT molecular complexity index is 660. The summed E-state index contributed by atoms with van der Waals surface area (Å²) in [6.45, 7) is 0. The van der Waals surface area contributed by atoms with Gasteiger partial charge in [0.25, 0.3) is 0 Å². The predicted molar refractivity (Wildman–Crippen MR) is 57.7 cm³/mol. The Kier molecular flexibility index (Phi) is 1.70. The molecule has 15 heavy (non-hydrogen) atoms. The van der Waals surface area contributed by atoms with Gasteiger partial charge in [0, 0.05) is 12.3 Å². The number of halogens is 2. The molecule has 3 aromatic rings. The van der Waals surface area contributed by atoms with Crippen molar-refractivity contribution in [1.82, 2.24) is 9.38 Å². The fourth-order valence-electron chi connectivity index (χ4n) is 1.71. The SMILES string of the molecule is Fc1ccc2nc(Cl)c3cccn3c2c1. The maximum absolute atomic E-state index is 13.1. The van der Waals surface area contributed by atoms with Gasteiger partial charge in [-0.25, -0.2) is 9.37 Å². The van der Waals surface area contributed by atoms with Crippen LogP contribution in [0, 0.1) is 5.82 Å². The molecular weight excluding hydrogens is 215 g/mol. The summed E-state index contributed by atoms with van der Waals surface area (Å²) < 4.78 is 14.9. The largest absolute Gasteiger partial charge is 0.312 e. The highest BCUT2D eigenvalue weighted by Gasteiger charge is 2.06. The molecule has 0 aliphatic heterocycles. The summed E-state index contributed by atoms with van der Waals surface area (Å²) in [6, 6.07) is 8.15. The zero-order chi connectivity index (χ0) is 10.4. The molecule has 3 rings (SSSR count). The van der Waals surface area contributed by atoms with Gasteiger partial charge in [0.1, 0.15) is 5.82 Å². The molecule has 0 atom stereocenters. The van der Waals surface area contributed by atoms with Crippen molar-refractivity contribution >= 4 is 28.2 Å². The van der Waals surface area contributed by atoms with E-state index in [-0.39, 0.29) is 5.82 Å². The topological polar surface area (TPSA) is 17.3 Å². The predicted octanol–water partition coefficient (Wildman–Crippen LogP) is 3.28. The molecule has 0 unspecified atom stereocenters. The molecule has 74 valence electrons. The van der Waals surface area contributed by atoms with Crippen molar-refractivity contribution in [2.45, 2.75) is 0 Å². The molecule has 0 saturated heterocycles. The van der Waals surface area contributed by atoms with Crippen LogP contribution in [0.3, 0.4) is 0 Å². The van der Waals surface area contributed by atoms with Crippen LogP contribution in [0.15, 0.2) is 36.5 Å². The minimum absolute atomic E-state index is 0.276. The molecule has 2 nitrogen and oxygen atoms in total. The van der Waals surface area contributed by atoms with Crippen LogP contribution in [-0.4, -0.2) is 9.38 Å². The van der Waals surface area contributed by atoms with Crippen LogP contribution >= 0.6 is 11.6 Å². The molecule has 2 aromatic heterocycles. The Labute approximate surface area is 89.9 Å². The van der Waals surface area contributed by atoms with Crippen LogP contribution in [0.4, 0.5) is 4.39 Å². The van der Waals surface area contributed by atoms with Crippen LogP contribution < -0.4 is 0 Å². The molecular formula is C11H6ClFN2. The highest BCUT2D eigenvalue weighted by atomic mass is 35.5. The minimum atomic E-state index is -0.276. The molecule has 0 amide bonds.